The van der Waals surface area contributed by atoms with Crippen LogP contribution in [0.3, 0.4) is 0 Å². The van der Waals surface area contributed by atoms with Crippen molar-refractivity contribution in [3.05, 3.63) is 12.4 Å². The van der Waals surface area contributed by atoms with Crippen molar-refractivity contribution in [3.8, 4) is 0 Å². The first-order valence-electron chi connectivity index (χ1n) is 2.65. The summed E-state index contributed by atoms with van der Waals surface area (Å²) in [5.41, 5.74) is 0. The van der Waals surface area contributed by atoms with Gasteiger partial charge in [0.15, 0.2) is 0 Å². The maximum Gasteiger partial charge on any atom is 0.144 e. The molecule has 9 heavy (non-hydrogen) atoms. The van der Waals surface area contributed by atoms with Crippen LogP contribution in [0.5, 0.6) is 0 Å². The summed E-state index contributed by atoms with van der Waals surface area (Å²) in [4.78, 5) is 10.1. The van der Waals surface area contributed by atoms with E-state index in [1.807, 2.05) is 0 Å². The molecule has 0 spiro atoms. The Morgan fingerprint density at radius 2 is 2.56 bits per heavy atom. The Bertz CT molecular complexity index is 182. The standard InChI is InChI=1S/C5H7N3O/c1-5(4-9)8-3-2-6-7-8/h2-5H,1H3. The second-order valence-electron chi connectivity index (χ2n) is 1.76. The summed E-state index contributed by atoms with van der Waals surface area (Å²) in [6.07, 6.45) is 4.01. The molecule has 0 aliphatic heterocycles. The number of carbonyl (C=O) groups is 1. The van der Waals surface area contributed by atoms with Crippen molar-refractivity contribution in [1.29, 1.82) is 0 Å². The normalized spacial score (nSPS) is 13.0. The van der Waals surface area contributed by atoms with Gasteiger partial charge in [-0.2, -0.15) is 0 Å². The highest BCUT2D eigenvalue weighted by Gasteiger charge is 1.99. The van der Waals surface area contributed by atoms with E-state index in [1.165, 1.54) is 4.68 Å². The highest BCUT2D eigenvalue weighted by molar-refractivity contribution is 5.54. The Morgan fingerprint density at radius 3 is 3.00 bits per heavy atom. The third kappa shape index (κ3) is 1.13. The average molecular weight is 125 g/mol. The number of hydrogen-bond donors (Lipinski definition) is 0. The van der Waals surface area contributed by atoms with E-state index in [0.717, 1.165) is 6.29 Å². The zero-order valence-corrected chi connectivity index (χ0v) is 5.06. The third-order valence-electron chi connectivity index (χ3n) is 1.06. The second-order valence-corrected chi connectivity index (χ2v) is 1.76. The predicted molar refractivity (Wildman–Crippen MR) is 30.8 cm³/mol. The Labute approximate surface area is 52.5 Å². The average Bonchev–Trinajstić information content (AvgIpc) is 2.37. The fourth-order valence-corrected chi connectivity index (χ4v) is 0.497. The van der Waals surface area contributed by atoms with Gasteiger partial charge >= 0.3 is 0 Å². The molecule has 0 radical (unpaired) electrons. The molecule has 4 heteroatoms. The first-order chi connectivity index (χ1) is 4.34. The van der Waals surface area contributed by atoms with E-state index in [2.05, 4.69) is 10.3 Å². The van der Waals surface area contributed by atoms with Gasteiger partial charge in [-0.3, -0.25) is 0 Å². The molecule has 0 amide bonds. The fourth-order valence-electron chi connectivity index (χ4n) is 0.497. The maximum absolute atomic E-state index is 10.1. The molecule has 0 saturated carbocycles. The lowest BCUT2D eigenvalue weighted by atomic mass is 10.4. The summed E-state index contributed by atoms with van der Waals surface area (Å²) < 4.78 is 1.49. The molecule has 1 unspecified atom stereocenters. The van der Waals surface area contributed by atoms with Gasteiger partial charge in [-0.25, -0.2) is 4.68 Å². The minimum absolute atomic E-state index is 0.201. The topological polar surface area (TPSA) is 47.8 Å². The number of hydrogen-bond acceptors (Lipinski definition) is 3. The highest BCUT2D eigenvalue weighted by atomic mass is 16.1. The van der Waals surface area contributed by atoms with E-state index in [1.54, 1.807) is 19.3 Å². The van der Waals surface area contributed by atoms with E-state index in [-0.39, 0.29) is 6.04 Å². The van der Waals surface area contributed by atoms with Crippen LogP contribution in [-0.4, -0.2) is 21.3 Å². The van der Waals surface area contributed by atoms with Crippen LogP contribution in [0.15, 0.2) is 12.4 Å². The molecule has 1 atom stereocenters. The fraction of sp³-hybridized carbons (Fsp3) is 0.400. The van der Waals surface area contributed by atoms with Crippen LogP contribution in [-0.2, 0) is 4.79 Å². The Kier molecular flexibility index (Phi) is 1.58. The molecule has 1 aromatic heterocycles. The molecule has 0 saturated heterocycles. The van der Waals surface area contributed by atoms with Crippen molar-refractivity contribution < 1.29 is 4.79 Å². The lowest BCUT2D eigenvalue weighted by molar-refractivity contribution is -0.110. The smallest absolute Gasteiger partial charge is 0.144 e. The lowest BCUT2D eigenvalue weighted by Crippen LogP contribution is -2.06. The molecule has 48 valence electrons. The Morgan fingerprint density at radius 1 is 1.78 bits per heavy atom. The molecule has 4 nitrogen and oxygen atoms in total. The lowest BCUT2D eigenvalue weighted by Gasteiger charge is -1.98. The van der Waals surface area contributed by atoms with Gasteiger partial charge < -0.3 is 4.79 Å². The Balaban J connectivity index is 2.76. The molecule has 0 fully saturated rings. The quantitative estimate of drug-likeness (QED) is 0.524. The van der Waals surface area contributed by atoms with Gasteiger partial charge in [-0.05, 0) is 6.92 Å². The van der Waals surface area contributed by atoms with E-state index < -0.39 is 0 Å². The van der Waals surface area contributed by atoms with Crippen LogP contribution in [0.25, 0.3) is 0 Å². The molecule has 0 aliphatic rings. The molecular formula is C5H7N3O. The van der Waals surface area contributed by atoms with E-state index in [0.29, 0.717) is 0 Å². The molecular weight excluding hydrogens is 118 g/mol. The molecule has 0 aliphatic carbocycles. The summed E-state index contributed by atoms with van der Waals surface area (Å²) in [7, 11) is 0. The van der Waals surface area contributed by atoms with Crippen LogP contribution < -0.4 is 0 Å². The number of nitrogens with zero attached hydrogens (tertiary/aromatic N) is 3. The van der Waals surface area contributed by atoms with Crippen molar-refractivity contribution in [2.24, 2.45) is 0 Å². The molecule has 0 aromatic carbocycles. The van der Waals surface area contributed by atoms with Crippen molar-refractivity contribution in [1.82, 2.24) is 15.0 Å². The van der Waals surface area contributed by atoms with E-state index >= 15 is 0 Å². The highest BCUT2D eigenvalue weighted by Crippen LogP contribution is 1.94. The van der Waals surface area contributed by atoms with Crippen LogP contribution in [0.1, 0.15) is 13.0 Å². The van der Waals surface area contributed by atoms with E-state index in [9.17, 15) is 4.79 Å². The van der Waals surface area contributed by atoms with Crippen molar-refractivity contribution >= 4 is 6.29 Å². The van der Waals surface area contributed by atoms with Crippen molar-refractivity contribution in [3.63, 3.8) is 0 Å². The summed E-state index contributed by atoms with van der Waals surface area (Å²) in [6.45, 7) is 1.75. The van der Waals surface area contributed by atoms with Crippen molar-refractivity contribution in [2.75, 3.05) is 0 Å². The maximum atomic E-state index is 10.1. The Hall–Kier alpha value is -1.19. The van der Waals surface area contributed by atoms with Gasteiger partial charge in [0.05, 0.1) is 6.20 Å². The zero-order valence-electron chi connectivity index (χ0n) is 5.06. The van der Waals surface area contributed by atoms with Crippen LogP contribution >= 0.6 is 0 Å². The monoisotopic (exact) mass is 125 g/mol. The summed E-state index contributed by atoms with van der Waals surface area (Å²) in [5.74, 6) is 0. The largest absolute Gasteiger partial charge is 0.301 e. The number of aromatic nitrogens is 3. The second kappa shape index (κ2) is 2.39. The van der Waals surface area contributed by atoms with Crippen LogP contribution in [0.4, 0.5) is 0 Å². The number of rotatable bonds is 2. The van der Waals surface area contributed by atoms with Gasteiger partial charge in [-0.1, -0.05) is 5.21 Å². The SMILES string of the molecule is CC(C=O)n1ccnn1. The van der Waals surface area contributed by atoms with Gasteiger partial charge in [0.2, 0.25) is 0 Å². The number of carbonyl (C=O) groups excluding carboxylic acids is 1. The summed E-state index contributed by atoms with van der Waals surface area (Å²) in [6, 6.07) is -0.201. The molecule has 0 bridgehead atoms. The van der Waals surface area contributed by atoms with Gasteiger partial charge in [-0.15, -0.1) is 5.10 Å². The van der Waals surface area contributed by atoms with E-state index in [4.69, 9.17) is 0 Å². The minimum Gasteiger partial charge on any atom is -0.301 e. The first kappa shape index (κ1) is 5.94. The van der Waals surface area contributed by atoms with Gasteiger partial charge in [0.1, 0.15) is 12.3 Å². The summed E-state index contributed by atoms with van der Waals surface area (Å²) in [5, 5.41) is 7.17. The van der Waals surface area contributed by atoms with Gasteiger partial charge in [0.25, 0.3) is 0 Å². The van der Waals surface area contributed by atoms with Crippen LogP contribution in [0.2, 0.25) is 0 Å². The minimum atomic E-state index is -0.201. The molecule has 1 rings (SSSR count). The molecule has 1 aromatic rings. The van der Waals surface area contributed by atoms with Crippen LogP contribution in [0, 0.1) is 0 Å². The molecule has 0 N–H and O–H groups in total. The zero-order chi connectivity index (χ0) is 6.69. The summed E-state index contributed by atoms with van der Waals surface area (Å²) >= 11 is 0. The predicted octanol–water partition coefficient (Wildman–Crippen LogP) is 0.0380. The molecule has 1 heterocycles. The van der Waals surface area contributed by atoms with Gasteiger partial charge in [0, 0.05) is 6.20 Å². The van der Waals surface area contributed by atoms with Crippen molar-refractivity contribution in [2.45, 2.75) is 13.0 Å². The number of aldehydes is 1. The third-order valence-corrected chi connectivity index (χ3v) is 1.06. The first-order valence-corrected chi connectivity index (χ1v) is 2.65.